The summed E-state index contributed by atoms with van der Waals surface area (Å²) in [6.45, 7) is 20.1. The van der Waals surface area contributed by atoms with Crippen LogP contribution in [0.4, 0.5) is 46.2 Å². The van der Waals surface area contributed by atoms with E-state index in [1.807, 2.05) is 46.4 Å². The molecule has 4 fully saturated rings. The van der Waals surface area contributed by atoms with Crippen LogP contribution in [0, 0.1) is 25.5 Å². The molecule has 458 valence electrons. The Morgan fingerprint density at radius 3 is 1.37 bits per heavy atom. The van der Waals surface area contributed by atoms with Crippen LogP contribution in [0.2, 0.25) is 0 Å². The van der Waals surface area contributed by atoms with Crippen LogP contribution in [-0.4, -0.2) is 126 Å². The molecule has 1 amide bonds. The number of ether oxygens (including phenoxy) is 6. The van der Waals surface area contributed by atoms with E-state index in [0.29, 0.717) is 72.3 Å². The van der Waals surface area contributed by atoms with Gasteiger partial charge in [0.1, 0.15) is 64.9 Å². The van der Waals surface area contributed by atoms with E-state index in [4.69, 9.17) is 23.7 Å². The summed E-state index contributed by atoms with van der Waals surface area (Å²) in [5, 5.41) is 9.48. The van der Waals surface area contributed by atoms with Gasteiger partial charge in [-0.1, -0.05) is 27.2 Å². The fraction of sp³-hybridized carbons (Fsp3) is 0.603. The maximum Gasteiger partial charge on any atom is 0.519 e. The Hall–Kier alpha value is -6.47. The average molecular weight is 1200 g/mol. The normalized spacial score (nSPS) is 20.6. The lowest BCUT2D eigenvalue weighted by atomic mass is 9.83. The molecule has 4 atom stereocenters. The zero-order valence-electron chi connectivity index (χ0n) is 49.9. The van der Waals surface area contributed by atoms with Crippen molar-refractivity contribution in [3.8, 4) is 11.8 Å². The molecule has 3 N–H and O–H groups in total. The molecule has 4 bridgehead atoms. The van der Waals surface area contributed by atoms with E-state index in [1.54, 1.807) is 34.6 Å². The minimum Gasteiger partial charge on any atom is -0.474 e. The lowest BCUT2D eigenvalue weighted by molar-refractivity contribution is -0.0470. The fourth-order valence-electron chi connectivity index (χ4n) is 9.69. The number of carbonyl (C=O) groups is 3. The van der Waals surface area contributed by atoms with Gasteiger partial charge in [0.2, 0.25) is 11.8 Å². The van der Waals surface area contributed by atoms with Gasteiger partial charge in [-0.3, -0.25) is 0 Å². The predicted molar refractivity (Wildman–Crippen MR) is 308 cm³/mol. The highest BCUT2D eigenvalue weighted by Crippen LogP contribution is 2.38. The maximum absolute atomic E-state index is 14.6. The van der Waals surface area contributed by atoms with Gasteiger partial charge in [-0.05, 0) is 156 Å². The van der Waals surface area contributed by atoms with E-state index >= 15 is 0 Å². The molecule has 0 saturated carbocycles. The van der Waals surface area contributed by atoms with Gasteiger partial charge < -0.3 is 49.3 Å². The standard InChI is InChI=1S/C26H35FN4O5S.C20H25FN4O3S.C12H22O5/c1-6-26(3,4)36-25(32)31-17-8-7-9-18(31)13-19(12-17)35-24-16(2)23(28-15-29-24)30-22-11-10-20(14-21(22)27)37(5,33)34;1-12-19(25-18-7-6-16(10-17(18)21)29(2,26)27)22-11-23-20(12)28-15-8-13-4-3-5-14(9-15)24-13;1-7-11(3,4)16-9(13)15-10(14)17-12(5,6)8-2/h10-11,14-15,17-19H,6-9,12-13H2,1-5H3,(H,28,29,30);6-7,10-11,13-15,24H,3-5,8-9H2,1-2H3,(H,22,23,25);7-8H2,1-6H3. The first kappa shape index (κ1) is 65.7. The molecule has 4 aliphatic rings. The number of aromatic nitrogens is 4. The zero-order chi connectivity index (χ0) is 61.2. The van der Waals surface area contributed by atoms with Crippen LogP contribution < -0.4 is 25.4 Å². The minimum atomic E-state index is -3.52. The second kappa shape index (κ2) is 27.5. The molecule has 4 unspecified atom stereocenters. The summed E-state index contributed by atoms with van der Waals surface area (Å²) in [5.41, 5.74) is -0.299. The van der Waals surface area contributed by atoms with Crippen LogP contribution in [0.25, 0.3) is 0 Å². The fourth-order valence-corrected chi connectivity index (χ4v) is 11.0. The second-order valence-electron chi connectivity index (χ2n) is 23.5. The molecular formula is C58H82F2N8O13S2. The van der Waals surface area contributed by atoms with Crippen molar-refractivity contribution in [2.45, 2.75) is 223 Å². The van der Waals surface area contributed by atoms with Crippen LogP contribution in [-0.2, 0) is 38.6 Å². The molecule has 4 saturated heterocycles. The third-order valence-corrected chi connectivity index (χ3v) is 17.7. The first-order chi connectivity index (χ1) is 38.8. The number of piperidine rings is 4. The Bertz CT molecular complexity index is 3120. The highest BCUT2D eigenvalue weighted by Gasteiger charge is 2.44. The lowest BCUT2D eigenvalue weighted by Crippen LogP contribution is -2.57. The molecule has 21 nitrogen and oxygen atoms in total. The van der Waals surface area contributed by atoms with Gasteiger partial charge in [-0.2, -0.15) is 0 Å². The van der Waals surface area contributed by atoms with Gasteiger partial charge in [0.15, 0.2) is 19.7 Å². The molecule has 4 aliphatic heterocycles. The van der Waals surface area contributed by atoms with E-state index in [1.165, 1.54) is 56.2 Å². The maximum atomic E-state index is 14.6. The van der Waals surface area contributed by atoms with Crippen molar-refractivity contribution in [3.05, 3.63) is 71.8 Å². The van der Waals surface area contributed by atoms with Crippen molar-refractivity contribution >= 4 is 61.1 Å². The van der Waals surface area contributed by atoms with Crippen molar-refractivity contribution < 1.29 is 68.4 Å². The third kappa shape index (κ3) is 18.8. The molecule has 2 aromatic carbocycles. The minimum absolute atomic E-state index is 0.0415. The van der Waals surface area contributed by atoms with Crippen molar-refractivity contribution in [1.82, 2.24) is 30.2 Å². The van der Waals surface area contributed by atoms with Gasteiger partial charge in [-0.15, -0.1) is 0 Å². The van der Waals surface area contributed by atoms with Gasteiger partial charge in [0, 0.05) is 49.5 Å². The highest BCUT2D eigenvalue weighted by molar-refractivity contribution is 7.91. The second-order valence-corrected chi connectivity index (χ2v) is 27.5. The molecule has 83 heavy (non-hydrogen) atoms. The van der Waals surface area contributed by atoms with Gasteiger partial charge in [-0.25, -0.2) is 59.9 Å². The Labute approximate surface area is 486 Å². The van der Waals surface area contributed by atoms with Gasteiger partial charge in [0.05, 0.1) is 32.3 Å². The Morgan fingerprint density at radius 2 is 0.988 bits per heavy atom. The molecule has 0 aliphatic carbocycles. The number of nitrogens with zero attached hydrogens (tertiary/aromatic N) is 5. The SMILES string of the molecule is CCC(C)(C)OC(=O)N1C2CCCC1CC(Oc1ncnc(Nc3ccc(S(C)(=O)=O)cc3F)c1C)C2.CCC(C)(C)OC(=O)OC(=O)OC(C)(C)CC.Cc1c(Nc2ccc(S(C)(=O)=O)cc2F)ncnc1OC1CC2CCCC(C1)N2. The van der Waals surface area contributed by atoms with Crippen LogP contribution in [0.3, 0.4) is 0 Å². The number of amides is 1. The number of carbonyl (C=O) groups excluding carboxylic acids is 3. The van der Waals surface area contributed by atoms with Gasteiger partial charge >= 0.3 is 18.4 Å². The largest absolute Gasteiger partial charge is 0.519 e. The number of fused-ring (bicyclic) bond motifs is 4. The quantitative estimate of drug-likeness (QED) is 0.0534. The van der Waals surface area contributed by atoms with E-state index in [-0.39, 0.29) is 51.6 Å². The molecule has 2 aromatic heterocycles. The molecule has 25 heteroatoms. The predicted octanol–water partition coefficient (Wildman–Crippen LogP) is 11.9. The summed E-state index contributed by atoms with van der Waals surface area (Å²) in [7, 11) is -6.99. The van der Waals surface area contributed by atoms with Crippen LogP contribution >= 0.6 is 0 Å². The lowest BCUT2D eigenvalue weighted by Gasteiger charge is -2.48. The molecule has 6 heterocycles. The Balaban J connectivity index is 0.000000214. The van der Waals surface area contributed by atoms with E-state index in [9.17, 15) is 40.0 Å². The monoisotopic (exact) mass is 1200 g/mol. The van der Waals surface area contributed by atoms with Gasteiger partial charge in [0.25, 0.3) is 0 Å². The smallest absolute Gasteiger partial charge is 0.474 e. The average Bonchev–Trinajstić information content (AvgIpc) is 3.22. The van der Waals surface area contributed by atoms with Crippen LogP contribution in [0.1, 0.15) is 157 Å². The van der Waals surface area contributed by atoms with E-state index < -0.39 is 60.4 Å². The first-order valence-corrected chi connectivity index (χ1v) is 32.0. The number of anilines is 4. The number of benzene rings is 2. The Morgan fingerprint density at radius 1 is 0.602 bits per heavy atom. The van der Waals surface area contributed by atoms with Crippen LogP contribution in [0.15, 0.2) is 58.8 Å². The summed E-state index contributed by atoms with van der Waals surface area (Å²) in [6, 6.07) is 8.51. The van der Waals surface area contributed by atoms with E-state index in [2.05, 4.69) is 40.6 Å². The highest BCUT2D eigenvalue weighted by atomic mass is 32.2. The zero-order valence-corrected chi connectivity index (χ0v) is 51.5. The summed E-state index contributed by atoms with van der Waals surface area (Å²) in [6.07, 6.45) is 14.1. The third-order valence-electron chi connectivity index (χ3n) is 15.5. The summed E-state index contributed by atoms with van der Waals surface area (Å²) in [4.78, 5) is 54.2. The van der Waals surface area contributed by atoms with E-state index in [0.717, 1.165) is 63.2 Å². The van der Waals surface area contributed by atoms with Crippen molar-refractivity contribution in [3.63, 3.8) is 0 Å². The molecule has 0 radical (unpaired) electrons. The van der Waals surface area contributed by atoms with Crippen molar-refractivity contribution in [1.29, 1.82) is 0 Å². The molecule has 0 spiro atoms. The topological polar surface area (TPSA) is 266 Å². The number of halogens is 2. The molecule has 4 aromatic rings. The number of sulfone groups is 2. The Kier molecular flexibility index (Phi) is 21.8. The number of nitrogens with one attached hydrogen (secondary N) is 3. The number of hydrogen-bond acceptors (Lipinski definition) is 20. The summed E-state index contributed by atoms with van der Waals surface area (Å²) in [5.74, 6) is 0.285. The summed E-state index contributed by atoms with van der Waals surface area (Å²) >= 11 is 0. The van der Waals surface area contributed by atoms with Crippen LogP contribution in [0.5, 0.6) is 11.8 Å². The van der Waals surface area contributed by atoms with Crippen molar-refractivity contribution in [2.24, 2.45) is 0 Å². The summed E-state index contributed by atoms with van der Waals surface area (Å²) < 4.78 is 108. The molecular weight excluding hydrogens is 1120 g/mol. The number of hydrogen-bond donors (Lipinski definition) is 3. The number of rotatable bonds is 16. The molecule has 8 rings (SSSR count). The first-order valence-electron chi connectivity index (χ1n) is 28.2. The van der Waals surface area contributed by atoms with Crippen molar-refractivity contribution in [2.75, 3.05) is 23.1 Å².